The van der Waals surface area contributed by atoms with Crippen molar-refractivity contribution in [3.63, 3.8) is 0 Å². The molecule has 5 nitrogen and oxygen atoms in total. The lowest BCUT2D eigenvalue weighted by molar-refractivity contribution is -0.140. The first kappa shape index (κ1) is 13.4. The Hall–Kier alpha value is -1.59. The van der Waals surface area contributed by atoms with Crippen LogP contribution in [0.3, 0.4) is 0 Å². The van der Waals surface area contributed by atoms with Crippen LogP contribution < -0.4 is 4.74 Å². The zero-order chi connectivity index (χ0) is 14.1. The Labute approximate surface area is 118 Å². The number of nitrogens with zero attached hydrogens (tertiary/aromatic N) is 1. The third kappa shape index (κ3) is 2.39. The van der Waals surface area contributed by atoms with Crippen LogP contribution in [0.1, 0.15) is 11.7 Å². The van der Waals surface area contributed by atoms with Crippen molar-refractivity contribution in [2.24, 2.45) is 11.8 Å². The van der Waals surface area contributed by atoms with Crippen LogP contribution in [0.25, 0.3) is 0 Å². The number of aliphatic hydroxyl groups excluding tert-OH is 1. The predicted molar refractivity (Wildman–Crippen MR) is 72.3 cm³/mol. The highest BCUT2D eigenvalue weighted by atomic mass is 16.5. The molecule has 1 N–H and O–H groups in total. The van der Waals surface area contributed by atoms with Crippen molar-refractivity contribution in [1.82, 2.24) is 4.90 Å². The second-order valence-electron chi connectivity index (χ2n) is 5.48. The smallest absolute Gasteiger partial charge is 0.256 e. The molecule has 0 spiro atoms. The molecule has 2 aliphatic heterocycles. The molecule has 0 bridgehead atoms. The Kier molecular flexibility index (Phi) is 3.63. The lowest BCUT2D eigenvalue weighted by Crippen LogP contribution is -2.34. The molecular formula is C15H19NO4. The van der Waals surface area contributed by atoms with E-state index in [9.17, 15) is 9.90 Å². The lowest BCUT2D eigenvalue weighted by Gasteiger charge is -2.21. The van der Waals surface area contributed by atoms with E-state index < -0.39 is 6.10 Å². The number of rotatable bonds is 3. The summed E-state index contributed by atoms with van der Waals surface area (Å²) in [4.78, 5) is 14.1. The normalized spacial score (nSPS) is 26.4. The molecule has 3 rings (SSSR count). The summed E-state index contributed by atoms with van der Waals surface area (Å²) < 4.78 is 10.5. The Bertz CT molecular complexity index is 475. The van der Waals surface area contributed by atoms with Crippen molar-refractivity contribution in [3.05, 3.63) is 29.8 Å². The highest BCUT2D eigenvalue weighted by Crippen LogP contribution is 2.31. The van der Waals surface area contributed by atoms with E-state index in [-0.39, 0.29) is 5.91 Å². The summed E-state index contributed by atoms with van der Waals surface area (Å²) >= 11 is 0. The van der Waals surface area contributed by atoms with Gasteiger partial charge in [-0.05, 0) is 17.7 Å². The van der Waals surface area contributed by atoms with Crippen molar-refractivity contribution in [2.75, 3.05) is 33.4 Å². The largest absolute Gasteiger partial charge is 0.497 e. The zero-order valence-electron chi connectivity index (χ0n) is 11.5. The van der Waals surface area contributed by atoms with Crippen molar-refractivity contribution < 1.29 is 19.4 Å². The SMILES string of the molecule is COc1ccc(C(O)C(=O)N2C[C@H]3COC[C@H]3C2)cc1. The first-order valence-electron chi connectivity index (χ1n) is 6.87. The van der Waals surface area contributed by atoms with E-state index in [1.165, 1.54) is 0 Å². The maximum Gasteiger partial charge on any atom is 0.256 e. The van der Waals surface area contributed by atoms with Gasteiger partial charge in [0, 0.05) is 24.9 Å². The fraction of sp³-hybridized carbons (Fsp3) is 0.533. The molecule has 2 heterocycles. The molecule has 2 saturated heterocycles. The molecule has 1 aromatic rings. The van der Waals surface area contributed by atoms with Gasteiger partial charge in [-0.15, -0.1) is 0 Å². The van der Waals surface area contributed by atoms with Gasteiger partial charge in [0.05, 0.1) is 20.3 Å². The zero-order valence-corrected chi connectivity index (χ0v) is 11.5. The minimum absolute atomic E-state index is 0.218. The summed E-state index contributed by atoms with van der Waals surface area (Å²) in [5.74, 6) is 1.36. The first-order valence-corrected chi connectivity index (χ1v) is 6.87. The van der Waals surface area contributed by atoms with Crippen molar-refractivity contribution in [2.45, 2.75) is 6.10 Å². The lowest BCUT2D eigenvalue weighted by atomic mass is 10.0. The highest BCUT2D eigenvalue weighted by Gasteiger charge is 2.40. The number of methoxy groups -OCH3 is 1. The van der Waals surface area contributed by atoms with Gasteiger partial charge in [-0.1, -0.05) is 12.1 Å². The number of carbonyl (C=O) groups excluding carboxylic acids is 1. The van der Waals surface area contributed by atoms with Gasteiger partial charge in [-0.2, -0.15) is 0 Å². The minimum atomic E-state index is -1.10. The minimum Gasteiger partial charge on any atom is -0.497 e. The van der Waals surface area contributed by atoms with Gasteiger partial charge in [0.1, 0.15) is 5.75 Å². The van der Waals surface area contributed by atoms with Crippen LogP contribution in [0.4, 0.5) is 0 Å². The predicted octanol–water partition coefficient (Wildman–Crippen LogP) is 0.833. The average Bonchev–Trinajstić information content (AvgIpc) is 3.07. The standard InChI is InChI=1S/C15H19NO4/c1-19-13-4-2-10(3-5-13)14(17)15(18)16-6-11-8-20-9-12(11)7-16/h2-5,11-12,14,17H,6-9H2,1H3/t11-,12+,14?. The van der Waals surface area contributed by atoms with Crippen LogP contribution >= 0.6 is 0 Å². The summed E-state index contributed by atoms with van der Waals surface area (Å²) in [5, 5.41) is 10.2. The summed E-state index contributed by atoms with van der Waals surface area (Å²) in [6.07, 6.45) is -1.10. The molecule has 5 heteroatoms. The van der Waals surface area contributed by atoms with Gasteiger partial charge in [-0.3, -0.25) is 4.79 Å². The van der Waals surface area contributed by atoms with Gasteiger partial charge >= 0.3 is 0 Å². The van der Waals surface area contributed by atoms with Gasteiger partial charge in [0.15, 0.2) is 6.10 Å². The maximum atomic E-state index is 12.3. The summed E-state index contributed by atoms with van der Waals surface area (Å²) in [6.45, 7) is 2.84. The second kappa shape index (κ2) is 5.42. The van der Waals surface area contributed by atoms with Crippen molar-refractivity contribution in [3.8, 4) is 5.75 Å². The number of hydrogen-bond acceptors (Lipinski definition) is 4. The van der Waals surface area contributed by atoms with E-state index in [2.05, 4.69) is 0 Å². The molecule has 0 aromatic heterocycles. The molecule has 2 aliphatic rings. The molecule has 1 aromatic carbocycles. The fourth-order valence-electron chi connectivity index (χ4n) is 2.97. The molecule has 20 heavy (non-hydrogen) atoms. The van der Waals surface area contributed by atoms with Crippen LogP contribution in [0, 0.1) is 11.8 Å². The van der Waals surface area contributed by atoms with Crippen LogP contribution in [0.2, 0.25) is 0 Å². The molecule has 0 aliphatic carbocycles. The van der Waals surface area contributed by atoms with Crippen LogP contribution in [-0.4, -0.2) is 49.3 Å². The molecule has 0 saturated carbocycles. The molecule has 1 unspecified atom stereocenters. The summed E-state index contributed by atoms with van der Waals surface area (Å²) in [6, 6.07) is 6.94. The molecule has 2 fully saturated rings. The topological polar surface area (TPSA) is 59.0 Å². The quantitative estimate of drug-likeness (QED) is 0.889. The summed E-state index contributed by atoms with van der Waals surface area (Å²) in [5.41, 5.74) is 0.601. The number of carbonyl (C=O) groups is 1. The Morgan fingerprint density at radius 2 is 1.90 bits per heavy atom. The summed E-state index contributed by atoms with van der Waals surface area (Å²) in [7, 11) is 1.58. The second-order valence-corrected chi connectivity index (χ2v) is 5.48. The van der Waals surface area contributed by atoms with Crippen LogP contribution in [0.15, 0.2) is 24.3 Å². The molecule has 1 amide bonds. The Morgan fingerprint density at radius 3 is 2.45 bits per heavy atom. The number of amides is 1. The van der Waals surface area contributed by atoms with E-state index in [1.807, 2.05) is 0 Å². The van der Waals surface area contributed by atoms with Gasteiger partial charge in [-0.25, -0.2) is 0 Å². The number of fused-ring (bicyclic) bond motifs is 1. The monoisotopic (exact) mass is 277 g/mol. The van der Waals surface area contributed by atoms with Gasteiger partial charge in [0.2, 0.25) is 0 Å². The first-order chi connectivity index (χ1) is 9.69. The number of hydrogen-bond donors (Lipinski definition) is 1. The number of likely N-dealkylation sites (tertiary alicyclic amines) is 1. The Balaban J connectivity index is 1.67. The molecule has 108 valence electrons. The van der Waals surface area contributed by atoms with Gasteiger partial charge < -0.3 is 19.5 Å². The van der Waals surface area contributed by atoms with Crippen molar-refractivity contribution >= 4 is 5.91 Å². The number of aliphatic hydroxyl groups is 1. The third-order valence-electron chi connectivity index (χ3n) is 4.22. The van der Waals surface area contributed by atoms with Crippen molar-refractivity contribution in [1.29, 1.82) is 0 Å². The maximum absolute atomic E-state index is 12.3. The van der Waals surface area contributed by atoms with E-state index in [0.29, 0.717) is 36.2 Å². The third-order valence-corrected chi connectivity index (χ3v) is 4.22. The average molecular weight is 277 g/mol. The van der Waals surface area contributed by atoms with E-state index in [4.69, 9.17) is 9.47 Å². The Morgan fingerprint density at radius 1 is 1.30 bits per heavy atom. The van der Waals surface area contributed by atoms with Crippen LogP contribution in [0.5, 0.6) is 5.75 Å². The number of ether oxygens (including phenoxy) is 2. The molecule has 3 atom stereocenters. The fourth-order valence-corrected chi connectivity index (χ4v) is 2.97. The van der Waals surface area contributed by atoms with E-state index >= 15 is 0 Å². The molecular weight excluding hydrogens is 258 g/mol. The number of benzene rings is 1. The molecule has 0 radical (unpaired) electrons. The van der Waals surface area contributed by atoms with E-state index in [1.54, 1.807) is 36.3 Å². The van der Waals surface area contributed by atoms with E-state index in [0.717, 1.165) is 13.2 Å². The van der Waals surface area contributed by atoms with Gasteiger partial charge in [0.25, 0.3) is 5.91 Å². The highest BCUT2D eigenvalue weighted by molar-refractivity contribution is 5.82. The van der Waals surface area contributed by atoms with Crippen LogP contribution in [-0.2, 0) is 9.53 Å².